The molecule has 5 rings (SSSR count). The molecule has 0 unspecified atom stereocenters. The molecule has 0 aliphatic carbocycles. The van der Waals surface area contributed by atoms with Gasteiger partial charge in [0.1, 0.15) is 17.1 Å². The van der Waals surface area contributed by atoms with E-state index in [0.29, 0.717) is 22.7 Å². The first-order chi connectivity index (χ1) is 19.6. The molecule has 0 aliphatic heterocycles. The van der Waals surface area contributed by atoms with Crippen LogP contribution in [0.5, 0.6) is 5.75 Å². The minimum Gasteiger partial charge on any atom is -0.508 e. The summed E-state index contributed by atoms with van der Waals surface area (Å²) in [6, 6.07) is 33.8. The van der Waals surface area contributed by atoms with Gasteiger partial charge in [-0.05, 0) is 86.6 Å². The van der Waals surface area contributed by atoms with Crippen LogP contribution in [0.4, 0.5) is 39.8 Å². The average molecular weight is 528 g/mol. The van der Waals surface area contributed by atoms with Crippen LogP contribution < -0.4 is 4.90 Å². The van der Waals surface area contributed by atoms with E-state index in [1.54, 1.807) is 24.3 Å². The van der Waals surface area contributed by atoms with Gasteiger partial charge in [-0.3, -0.25) is 0 Å². The van der Waals surface area contributed by atoms with Gasteiger partial charge in [-0.25, -0.2) is 0 Å². The highest BCUT2D eigenvalue weighted by Crippen LogP contribution is 2.37. The summed E-state index contributed by atoms with van der Waals surface area (Å²) in [5.74, 6) is 0.178. The Labute approximate surface area is 233 Å². The molecule has 40 heavy (non-hydrogen) atoms. The second kappa shape index (κ2) is 12.5. The number of hydrogen-bond acceptors (Lipinski definition) is 8. The van der Waals surface area contributed by atoms with Gasteiger partial charge in [0.15, 0.2) is 0 Å². The lowest BCUT2D eigenvalue weighted by Gasteiger charge is -2.20. The molecule has 8 heteroatoms. The van der Waals surface area contributed by atoms with Gasteiger partial charge >= 0.3 is 0 Å². The van der Waals surface area contributed by atoms with E-state index in [-0.39, 0.29) is 5.75 Å². The Balaban J connectivity index is 1.39. The van der Waals surface area contributed by atoms with E-state index in [0.717, 1.165) is 35.2 Å². The predicted octanol–water partition coefficient (Wildman–Crippen LogP) is 10.6. The lowest BCUT2D eigenvalue weighted by atomic mass is 10.1. The Morgan fingerprint density at radius 1 is 0.475 bits per heavy atom. The molecule has 8 nitrogen and oxygen atoms in total. The second-order valence-corrected chi connectivity index (χ2v) is 8.94. The van der Waals surface area contributed by atoms with Crippen LogP contribution >= 0.6 is 0 Å². The van der Waals surface area contributed by atoms with E-state index in [4.69, 9.17) is 0 Å². The molecular weight excluding hydrogens is 498 g/mol. The molecular formula is C32H29N7O. The molecule has 0 aliphatic rings. The van der Waals surface area contributed by atoms with Crippen molar-refractivity contribution >= 4 is 50.6 Å². The molecule has 0 amide bonds. The summed E-state index contributed by atoms with van der Waals surface area (Å²) in [6.07, 6.45) is 0. The Morgan fingerprint density at radius 2 is 0.900 bits per heavy atom. The first kappa shape index (κ1) is 26.4. The molecule has 0 aromatic heterocycles. The maximum Gasteiger partial charge on any atom is 0.115 e. The van der Waals surface area contributed by atoms with Gasteiger partial charge in [-0.1, -0.05) is 36.4 Å². The zero-order chi connectivity index (χ0) is 27.7. The third-order valence-corrected chi connectivity index (χ3v) is 6.40. The van der Waals surface area contributed by atoms with Crippen molar-refractivity contribution in [3.8, 4) is 5.75 Å². The van der Waals surface area contributed by atoms with Crippen molar-refractivity contribution in [2.24, 2.45) is 30.7 Å². The van der Waals surface area contributed by atoms with Crippen molar-refractivity contribution in [2.75, 3.05) is 18.0 Å². The normalized spacial score (nSPS) is 11.8. The third-order valence-electron chi connectivity index (χ3n) is 6.40. The molecule has 5 aromatic rings. The smallest absolute Gasteiger partial charge is 0.115 e. The Hall–Kier alpha value is -5.24. The number of rotatable bonds is 9. The summed E-state index contributed by atoms with van der Waals surface area (Å²) in [5.41, 5.74) is 5.23. The molecule has 0 saturated carbocycles. The van der Waals surface area contributed by atoms with Gasteiger partial charge in [0.2, 0.25) is 0 Å². The van der Waals surface area contributed by atoms with Crippen molar-refractivity contribution in [1.29, 1.82) is 0 Å². The monoisotopic (exact) mass is 527 g/mol. The van der Waals surface area contributed by atoms with Gasteiger partial charge in [0, 0.05) is 29.5 Å². The number of hydrogen-bond donors (Lipinski definition) is 1. The van der Waals surface area contributed by atoms with Crippen LogP contribution in [0.25, 0.3) is 10.8 Å². The number of nitrogens with zero attached hydrogens (tertiary/aromatic N) is 7. The number of benzene rings is 5. The molecule has 0 atom stereocenters. The van der Waals surface area contributed by atoms with E-state index in [1.807, 2.05) is 72.8 Å². The van der Waals surface area contributed by atoms with Crippen LogP contribution in [-0.4, -0.2) is 18.2 Å². The molecule has 198 valence electrons. The van der Waals surface area contributed by atoms with Crippen LogP contribution in [-0.2, 0) is 0 Å². The molecule has 5 aromatic carbocycles. The highest BCUT2D eigenvalue weighted by molar-refractivity contribution is 5.99. The number of phenols is 1. The largest absolute Gasteiger partial charge is 0.508 e. The van der Waals surface area contributed by atoms with Gasteiger partial charge < -0.3 is 10.0 Å². The van der Waals surface area contributed by atoms with Gasteiger partial charge in [-0.2, -0.15) is 10.2 Å². The first-order valence-electron chi connectivity index (χ1n) is 13.1. The van der Waals surface area contributed by atoms with Crippen molar-refractivity contribution in [2.45, 2.75) is 13.8 Å². The van der Waals surface area contributed by atoms with Crippen molar-refractivity contribution in [3.63, 3.8) is 0 Å². The van der Waals surface area contributed by atoms with Gasteiger partial charge in [-0.15, -0.1) is 20.5 Å². The fraction of sp³-hybridized carbons (Fsp3) is 0.125. The van der Waals surface area contributed by atoms with E-state index >= 15 is 0 Å². The number of azo groups is 3. The van der Waals surface area contributed by atoms with Crippen LogP contribution in [0.1, 0.15) is 13.8 Å². The van der Waals surface area contributed by atoms with E-state index in [9.17, 15) is 5.11 Å². The SMILES string of the molecule is CCN(CC)c1ccc(N=Nc2ccc(N=Nc3ccccc3N=Nc3ccc(O)cc3)c3ccccc23)cc1. The summed E-state index contributed by atoms with van der Waals surface area (Å²) >= 11 is 0. The van der Waals surface area contributed by atoms with Crippen LogP contribution in [0.15, 0.2) is 140 Å². The third kappa shape index (κ3) is 6.24. The minimum atomic E-state index is 0.178. The van der Waals surface area contributed by atoms with E-state index in [1.165, 1.54) is 5.69 Å². The fourth-order valence-corrected chi connectivity index (χ4v) is 4.24. The zero-order valence-corrected chi connectivity index (χ0v) is 22.4. The molecule has 0 spiro atoms. The van der Waals surface area contributed by atoms with Crippen molar-refractivity contribution < 1.29 is 5.11 Å². The van der Waals surface area contributed by atoms with Crippen LogP contribution in [0, 0.1) is 0 Å². The van der Waals surface area contributed by atoms with Crippen LogP contribution in [0.2, 0.25) is 0 Å². The lowest BCUT2D eigenvalue weighted by Crippen LogP contribution is -2.21. The molecule has 0 heterocycles. The number of fused-ring (bicyclic) bond motifs is 1. The second-order valence-electron chi connectivity index (χ2n) is 8.94. The quantitative estimate of drug-likeness (QED) is 0.193. The maximum absolute atomic E-state index is 9.47. The number of phenolic OH excluding ortho intramolecular Hbond substituents is 1. The highest BCUT2D eigenvalue weighted by Gasteiger charge is 2.07. The summed E-state index contributed by atoms with van der Waals surface area (Å²) in [7, 11) is 0. The van der Waals surface area contributed by atoms with E-state index in [2.05, 4.69) is 61.6 Å². The first-order valence-corrected chi connectivity index (χ1v) is 13.1. The number of aromatic hydroxyl groups is 1. The Morgan fingerprint density at radius 3 is 1.43 bits per heavy atom. The van der Waals surface area contributed by atoms with E-state index < -0.39 is 0 Å². The topological polar surface area (TPSA) is 97.6 Å². The zero-order valence-electron chi connectivity index (χ0n) is 22.4. The fourth-order valence-electron chi connectivity index (χ4n) is 4.24. The number of anilines is 1. The minimum absolute atomic E-state index is 0.178. The molecule has 1 N–H and O–H groups in total. The maximum atomic E-state index is 9.47. The van der Waals surface area contributed by atoms with Gasteiger partial charge in [0.25, 0.3) is 0 Å². The molecule has 0 radical (unpaired) electrons. The summed E-state index contributed by atoms with van der Waals surface area (Å²) in [4.78, 5) is 2.29. The Kier molecular flexibility index (Phi) is 8.26. The Bertz CT molecular complexity index is 1670. The molecule has 0 bridgehead atoms. The molecule has 0 fully saturated rings. The van der Waals surface area contributed by atoms with Crippen molar-refractivity contribution in [3.05, 3.63) is 109 Å². The van der Waals surface area contributed by atoms with Gasteiger partial charge in [0.05, 0.1) is 22.7 Å². The highest BCUT2D eigenvalue weighted by atomic mass is 16.3. The predicted molar refractivity (Wildman–Crippen MR) is 161 cm³/mol. The summed E-state index contributed by atoms with van der Waals surface area (Å²) < 4.78 is 0. The standard InChI is InChI=1S/C32H29N7O/c1-3-39(4-2)25-17-13-23(14-18-25)33-35-29-21-22-30(28-10-6-5-9-27(28)29)36-38-32-12-8-7-11-31(32)37-34-24-15-19-26(40)20-16-24/h5-22,40H,3-4H2,1-2H3. The average Bonchev–Trinajstić information content (AvgIpc) is 3.00. The summed E-state index contributed by atoms with van der Waals surface area (Å²) in [6.45, 7) is 6.22. The summed E-state index contributed by atoms with van der Waals surface area (Å²) in [5, 5.41) is 38.0. The lowest BCUT2D eigenvalue weighted by molar-refractivity contribution is 0.475. The molecule has 0 saturated heterocycles. The van der Waals surface area contributed by atoms with Crippen molar-refractivity contribution in [1.82, 2.24) is 0 Å². The van der Waals surface area contributed by atoms with Crippen LogP contribution in [0.3, 0.4) is 0 Å².